The lowest BCUT2D eigenvalue weighted by atomic mass is 10.0. The third-order valence-corrected chi connectivity index (χ3v) is 3.97. The molecule has 0 unspecified atom stereocenters. The fourth-order valence-electron chi connectivity index (χ4n) is 2.61. The van der Waals surface area contributed by atoms with E-state index in [1.807, 2.05) is 0 Å². The van der Waals surface area contributed by atoms with E-state index < -0.39 is 16.7 Å². The van der Waals surface area contributed by atoms with Gasteiger partial charge in [0.25, 0.3) is 5.69 Å². The van der Waals surface area contributed by atoms with Crippen molar-refractivity contribution in [3.8, 4) is 5.75 Å². The van der Waals surface area contributed by atoms with Crippen LogP contribution in [0.25, 0.3) is 22.9 Å². The van der Waals surface area contributed by atoms with Crippen molar-refractivity contribution in [1.29, 1.82) is 0 Å². The molecule has 9 heteroatoms. The third kappa shape index (κ3) is 4.40. The molecule has 1 aromatic heterocycles. The van der Waals surface area contributed by atoms with Crippen molar-refractivity contribution in [2.75, 3.05) is 7.11 Å². The van der Waals surface area contributed by atoms with Crippen LogP contribution in [-0.4, -0.2) is 17.0 Å². The molecule has 0 spiro atoms. The second-order valence-corrected chi connectivity index (χ2v) is 5.65. The van der Waals surface area contributed by atoms with Crippen LogP contribution in [0.4, 0.5) is 18.9 Å². The van der Waals surface area contributed by atoms with Crippen molar-refractivity contribution in [2.45, 2.75) is 6.18 Å². The highest BCUT2D eigenvalue weighted by molar-refractivity contribution is 5.94. The van der Waals surface area contributed by atoms with Crippen LogP contribution in [0, 0.1) is 10.1 Å². The average molecular weight is 411 g/mol. The predicted molar refractivity (Wildman–Crippen MR) is 103 cm³/mol. The summed E-state index contributed by atoms with van der Waals surface area (Å²) in [4.78, 5) is 14.1. The monoisotopic (exact) mass is 410 g/mol. The zero-order valence-electron chi connectivity index (χ0n) is 14.4. The highest BCUT2D eigenvalue weighted by Gasteiger charge is 2.33. The Kier molecular flexibility index (Phi) is 6.25. The Morgan fingerprint density at radius 2 is 1.75 bits per heavy atom. The van der Waals surface area contributed by atoms with Gasteiger partial charge in [0.15, 0.2) is 0 Å². The van der Waals surface area contributed by atoms with E-state index in [1.54, 1.807) is 30.4 Å². The second kappa shape index (κ2) is 8.26. The zero-order chi connectivity index (χ0) is 19.6. The molecule has 0 atom stereocenters. The molecule has 0 saturated carbocycles. The van der Waals surface area contributed by atoms with Gasteiger partial charge < -0.3 is 4.74 Å². The SMILES string of the molecule is COc1ccc2c(/C=C/c3ccc([N+](=O)[O-])cc3)ncc(C(F)(F)F)c2c1.Cl. The molecule has 3 aromatic rings. The van der Waals surface area contributed by atoms with E-state index in [4.69, 9.17) is 4.74 Å². The second-order valence-electron chi connectivity index (χ2n) is 5.65. The van der Waals surface area contributed by atoms with Gasteiger partial charge in [0.2, 0.25) is 0 Å². The molecular weight excluding hydrogens is 397 g/mol. The fraction of sp³-hybridized carbons (Fsp3) is 0.105. The highest BCUT2D eigenvalue weighted by Crippen LogP contribution is 2.37. The molecule has 1 heterocycles. The van der Waals surface area contributed by atoms with Gasteiger partial charge in [-0.2, -0.15) is 13.2 Å². The van der Waals surface area contributed by atoms with E-state index in [2.05, 4.69) is 4.98 Å². The van der Waals surface area contributed by atoms with E-state index in [0.717, 1.165) is 6.20 Å². The molecule has 0 aliphatic rings. The van der Waals surface area contributed by atoms with E-state index in [9.17, 15) is 23.3 Å². The molecule has 0 fully saturated rings. The van der Waals surface area contributed by atoms with Gasteiger partial charge >= 0.3 is 6.18 Å². The van der Waals surface area contributed by atoms with Crippen molar-refractivity contribution in [2.24, 2.45) is 0 Å². The Balaban J connectivity index is 0.00000280. The molecule has 0 amide bonds. The van der Waals surface area contributed by atoms with Crippen LogP contribution < -0.4 is 4.74 Å². The number of rotatable bonds is 4. The summed E-state index contributed by atoms with van der Waals surface area (Å²) >= 11 is 0. The van der Waals surface area contributed by atoms with Crippen molar-refractivity contribution >= 4 is 41.0 Å². The summed E-state index contributed by atoms with van der Waals surface area (Å²) in [6.07, 6.45) is -0.561. The molecule has 0 bridgehead atoms. The van der Waals surface area contributed by atoms with Gasteiger partial charge in [-0.15, -0.1) is 12.4 Å². The number of pyridine rings is 1. The lowest BCUT2D eigenvalue weighted by Crippen LogP contribution is -2.07. The van der Waals surface area contributed by atoms with E-state index in [0.29, 0.717) is 22.4 Å². The van der Waals surface area contributed by atoms with Gasteiger partial charge in [-0.05, 0) is 42.0 Å². The molecule has 28 heavy (non-hydrogen) atoms. The molecule has 5 nitrogen and oxygen atoms in total. The lowest BCUT2D eigenvalue weighted by Gasteiger charge is -2.12. The molecule has 0 radical (unpaired) electrons. The maximum Gasteiger partial charge on any atom is 0.418 e. The molecule has 0 aliphatic heterocycles. The average Bonchev–Trinajstić information content (AvgIpc) is 2.64. The topological polar surface area (TPSA) is 65.3 Å². The number of methoxy groups -OCH3 is 1. The minimum atomic E-state index is -4.54. The van der Waals surface area contributed by atoms with E-state index >= 15 is 0 Å². The Labute approximate surface area is 164 Å². The summed E-state index contributed by atoms with van der Waals surface area (Å²) in [6.45, 7) is 0. The summed E-state index contributed by atoms with van der Waals surface area (Å²) < 4.78 is 44.9. The van der Waals surface area contributed by atoms with Gasteiger partial charge in [0, 0.05) is 29.1 Å². The summed E-state index contributed by atoms with van der Waals surface area (Å²) in [5, 5.41) is 11.0. The first-order valence-corrected chi connectivity index (χ1v) is 7.76. The number of nitro groups is 1. The van der Waals surface area contributed by atoms with Crippen molar-refractivity contribution in [3.05, 3.63) is 75.6 Å². The largest absolute Gasteiger partial charge is 0.497 e. The first-order chi connectivity index (χ1) is 12.8. The number of non-ortho nitro benzene ring substituents is 1. The number of alkyl halides is 3. The number of nitro benzene ring substituents is 1. The summed E-state index contributed by atoms with van der Waals surface area (Å²) in [5.41, 5.74) is 0.115. The molecule has 0 N–H and O–H groups in total. The van der Waals surface area contributed by atoms with Crippen LogP contribution in [0.2, 0.25) is 0 Å². The third-order valence-electron chi connectivity index (χ3n) is 3.97. The van der Waals surface area contributed by atoms with Crippen LogP contribution in [0.3, 0.4) is 0 Å². The number of hydrogen-bond donors (Lipinski definition) is 0. The summed E-state index contributed by atoms with van der Waals surface area (Å²) in [6, 6.07) is 10.2. The first-order valence-electron chi connectivity index (χ1n) is 7.76. The Hall–Kier alpha value is -3.13. The van der Waals surface area contributed by atoms with Gasteiger partial charge in [0.1, 0.15) is 5.75 Å². The number of ether oxygens (including phenoxy) is 1. The number of nitrogens with zero attached hydrogens (tertiary/aromatic N) is 2. The van der Waals surface area contributed by atoms with E-state index in [1.165, 1.54) is 31.4 Å². The smallest absolute Gasteiger partial charge is 0.418 e. The number of fused-ring (bicyclic) bond motifs is 1. The standard InChI is InChI=1S/C19H13F3N2O3.ClH/c1-27-14-7-8-15-16(10-14)17(19(20,21)22)11-23-18(15)9-4-12-2-5-13(6-3-12)24(25)26;/h2-11H,1H3;1H/b9-4+;. The summed E-state index contributed by atoms with van der Waals surface area (Å²) in [5.74, 6) is 0.310. The number of halogens is 4. The molecule has 0 aliphatic carbocycles. The van der Waals surface area contributed by atoms with Crippen LogP contribution >= 0.6 is 12.4 Å². The maximum absolute atomic E-state index is 13.3. The number of aromatic nitrogens is 1. The Morgan fingerprint density at radius 1 is 1.07 bits per heavy atom. The maximum atomic E-state index is 13.3. The predicted octanol–water partition coefficient (Wildman–Crippen LogP) is 5.76. The van der Waals surface area contributed by atoms with Gasteiger partial charge in [0.05, 0.1) is 23.3 Å². The quantitative estimate of drug-likeness (QED) is 0.405. The molecule has 146 valence electrons. The minimum absolute atomic E-state index is 0. The molecule has 2 aromatic carbocycles. The zero-order valence-corrected chi connectivity index (χ0v) is 15.3. The molecule has 3 rings (SSSR count). The number of benzene rings is 2. The summed E-state index contributed by atoms with van der Waals surface area (Å²) in [7, 11) is 1.38. The van der Waals surface area contributed by atoms with Crippen LogP contribution in [0.15, 0.2) is 48.7 Å². The molecule has 0 saturated heterocycles. The van der Waals surface area contributed by atoms with Crippen molar-refractivity contribution in [1.82, 2.24) is 4.98 Å². The first kappa shape index (κ1) is 21.2. The van der Waals surface area contributed by atoms with Gasteiger partial charge in [-0.3, -0.25) is 15.1 Å². The number of hydrogen-bond acceptors (Lipinski definition) is 4. The minimum Gasteiger partial charge on any atom is -0.497 e. The van der Waals surface area contributed by atoms with Crippen LogP contribution in [0.5, 0.6) is 5.75 Å². The normalized spacial score (nSPS) is 11.4. The van der Waals surface area contributed by atoms with Crippen LogP contribution in [-0.2, 0) is 6.18 Å². The Bertz CT molecular complexity index is 1040. The highest BCUT2D eigenvalue weighted by atomic mass is 35.5. The van der Waals surface area contributed by atoms with Crippen LogP contribution in [0.1, 0.15) is 16.8 Å². The Morgan fingerprint density at radius 3 is 2.32 bits per heavy atom. The van der Waals surface area contributed by atoms with Crippen molar-refractivity contribution in [3.63, 3.8) is 0 Å². The fourth-order valence-corrected chi connectivity index (χ4v) is 2.61. The van der Waals surface area contributed by atoms with Crippen molar-refractivity contribution < 1.29 is 22.8 Å². The molecular formula is C19H14ClF3N2O3. The van der Waals surface area contributed by atoms with Gasteiger partial charge in [-0.25, -0.2) is 0 Å². The van der Waals surface area contributed by atoms with Gasteiger partial charge in [-0.1, -0.05) is 6.08 Å². The van der Waals surface area contributed by atoms with E-state index in [-0.39, 0.29) is 23.5 Å². The lowest BCUT2D eigenvalue weighted by molar-refractivity contribution is -0.384.